The van der Waals surface area contributed by atoms with Crippen LogP contribution < -0.4 is 4.52 Å². The molecule has 0 aromatic heterocycles. The number of aliphatic hydroxyl groups excluding tert-OH is 2. The normalized spacial score (nSPS) is 13.9. The number of hydrogen-bond donors (Lipinski definition) is 2. The van der Waals surface area contributed by atoms with Gasteiger partial charge in [-0.05, 0) is 37.8 Å². The minimum absolute atomic E-state index is 0.0653. The zero-order valence-electron chi connectivity index (χ0n) is 11.6. The van der Waals surface area contributed by atoms with Crippen LogP contribution in [-0.4, -0.2) is 36.2 Å². The van der Waals surface area contributed by atoms with Gasteiger partial charge in [0.15, 0.2) is 0 Å². The number of unbranched alkanes of at least 4 members (excludes halogenated alkanes) is 2. The lowest BCUT2D eigenvalue weighted by atomic mass is 10.3. The first-order valence-electron chi connectivity index (χ1n) is 6.90. The van der Waals surface area contributed by atoms with Crippen molar-refractivity contribution in [3.63, 3.8) is 0 Å². The van der Waals surface area contributed by atoms with Crippen molar-refractivity contribution in [1.29, 1.82) is 0 Å². The smallest absolute Gasteiger partial charge is 0.379 e. The maximum Gasteiger partial charge on any atom is 0.379 e. The van der Waals surface area contributed by atoms with Crippen molar-refractivity contribution < 1.29 is 23.8 Å². The van der Waals surface area contributed by atoms with Crippen LogP contribution in [0.25, 0.3) is 0 Å². The number of para-hydroxylation sites is 1. The van der Waals surface area contributed by atoms with Crippen LogP contribution in [0.15, 0.2) is 30.3 Å². The Morgan fingerprint density at radius 2 is 1.60 bits per heavy atom. The number of benzene rings is 1. The highest BCUT2D eigenvalue weighted by molar-refractivity contribution is 7.54. The molecule has 1 aromatic carbocycles. The summed E-state index contributed by atoms with van der Waals surface area (Å²) in [4.78, 5) is 0. The fraction of sp³-hybridized carbons (Fsp3) is 0.571. The Hall–Kier alpha value is -0.870. The van der Waals surface area contributed by atoms with Crippen LogP contribution in [-0.2, 0) is 9.09 Å². The molecule has 1 unspecified atom stereocenters. The topological polar surface area (TPSA) is 76.0 Å². The van der Waals surface area contributed by atoms with Crippen molar-refractivity contribution in [1.82, 2.24) is 0 Å². The van der Waals surface area contributed by atoms with Crippen LogP contribution in [0, 0.1) is 0 Å². The minimum Gasteiger partial charge on any atom is -0.424 e. The first kappa shape index (κ1) is 17.2. The third kappa shape index (κ3) is 7.06. The molecule has 0 fully saturated rings. The molecule has 114 valence electrons. The van der Waals surface area contributed by atoms with E-state index in [0.717, 1.165) is 0 Å². The molecule has 0 amide bonds. The van der Waals surface area contributed by atoms with Gasteiger partial charge in [-0.25, -0.2) is 4.57 Å². The monoisotopic (exact) mass is 302 g/mol. The summed E-state index contributed by atoms with van der Waals surface area (Å²) in [6.45, 7) is 0.456. The van der Waals surface area contributed by atoms with Crippen molar-refractivity contribution in [2.75, 3.05) is 26.0 Å². The maximum atomic E-state index is 12.6. The SMILES string of the molecule is O=P(CCCCO)(OCCCCO)Oc1ccccc1. The van der Waals surface area contributed by atoms with E-state index in [1.165, 1.54) is 0 Å². The molecular weight excluding hydrogens is 279 g/mol. The lowest BCUT2D eigenvalue weighted by Crippen LogP contribution is -2.05. The van der Waals surface area contributed by atoms with E-state index in [0.29, 0.717) is 38.0 Å². The lowest BCUT2D eigenvalue weighted by molar-refractivity contribution is 0.232. The second kappa shape index (κ2) is 9.94. The van der Waals surface area contributed by atoms with Gasteiger partial charge in [-0.3, -0.25) is 4.52 Å². The van der Waals surface area contributed by atoms with Crippen molar-refractivity contribution in [2.45, 2.75) is 25.7 Å². The van der Waals surface area contributed by atoms with Gasteiger partial charge in [0.1, 0.15) is 5.75 Å². The predicted molar refractivity (Wildman–Crippen MR) is 78.1 cm³/mol. The van der Waals surface area contributed by atoms with Gasteiger partial charge < -0.3 is 14.7 Å². The Balaban J connectivity index is 2.55. The Morgan fingerprint density at radius 3 is 2.25 bits per heavy atom. The summed E-state index contributed by atoms with van der Waals surface area (Å²) in [6.07, 6.45) is 2.69. The molecule has 0 saturated carbocycles. The van der Waals surface area contributed by atoms with Crippen molar-refractivity contribution in [3.05, 3.63) is 30.3 Å². The number of hydrogen-bond acceptors (Lipinski definition) is 5. The molecule has 0 bridgehead atoms. The van der Waals surface area contributed by atoms with Gasteiger partial charge in [0.05, 0.1) is 12.8 Å². The highest BCUT2D eigenvalue weighted by Crippen LogP contribution is 2.49. The molecule has 0 aliphatic rings. The van der Waals surface area contributed by atoms with E-state index in [-0.39, 0.29) is 19.4 Å². The first-order valence-corrected chi connectivity index (χ1v) is 8.63. The Morgan fingerprint density at radius 1 is 0.950 bits per heavy atom. The molecule has 0 aliphatic heterocycles. The van der Waals surface area contributed by atoms with Crippen molar-refractivity contribution in [2.24, 2.45) is 0 Å². The van der Waals surface area contributed by atoms with E-state index in [9.17, 15) is 4.57 Å². The molecule has 1 rings (SSSR count). The van der Waals surface area contributed by atoms with Crippen LogP contribution in [0.3, 0.4) is 0 Å². The Labute approximate surface area is 120 Å². The van der Waals surface area contributed by atoms with Gasteiger partial charge in [0.25, 0.3) is 0 Å². The molecule has 1 aromatic rings. The maximum absolute atomic E-state index is 12.6. The average Bonchev–Trinajstić information content (AvgIpc) is 2.45. The quantitative estimate of drug-likeness (QED) is 0.485. The largest absolute Gasteiger partial charge is 0.424 e. The van der Waals surface area contributed by atoms with Gasteiger partial charge in [-0.15, -0.1) is 0 Å². The standard InChI is InChI=1S/C14H23O5P/c15-10-4-6-12-18-20(17,13-7-5-11-16)19-14-8-2-1-3-9-14/h1-3,8-9,15-16H,4-7,10-13H2. The molecular formula is C14H23O5P. The van der Waals surface area contributed by atoms with Crippen molar-refractivity contribution in [3.8, 4) is 5.75 Å². The Bertz CT molecular complexity index is 396. The van der Waals surface area contributed by atoms with Gasteiger partial charge in [0, 0.05) is 13.2 Å². The van der Waals surface area contributed by atoms with Crippen LogP contribution in [0.5, 0.6) is 5.75 Å². The average molecular weight is 302 g/mol. The summed E-state index contributed by atoms with van der Waals surface area (Å²) in [5, 5.41) is 17.5. The van der Waals surface area contributed by atoms with Gasteiger partial charge >= 0.3 is 7.60 Å². The molecule has 6 heteroatoms. The van der Waals surface area contributed by atoms with Crippen LogP contribution in [0.2, 0.25) is 0 Å². The molecule has 0 spiro atoms. The van der Waals surface area contributed by atoms with E-state index in [1.54, 1.807) is 24.3 Å². The molecule has 5 nitrogen and oxygen atoms in total. The third-order valence-electron chi connectivity index (χ3n) is 2.67. The molecule has 0 radical (unpaired) electrons. The molecule has 20 heavy (non-hydrogen) atoms. The number of rotatable bonds is 11. The van der Waals surface area contributed by atoms with E-state index >= 15 is 0 Å². The van der Waals surface area contributed by atoms with E-state index in [1.807, 2.05) is 6.07 Å². The van der Waals surface area contributed by atoms with Crippen LogP contribution in [0.4, 0.5) is 0 Å². The highest BCUT2D eigenvalue weighted by Gasteiger charge is 2.25. The third-order valence-corrected chi connectivity index (χ3v) is 4.60. The second-order valence-corrected chi connectivity index (χ2v) is 6.54. The van der Waals surface area contributed by atoms with E-state index < -0.39 is 7.60 Å². The van der Waals surface area contributed by atoms with Crippen molar-refractivity contribution >= 4 is 7.60 Å². The molecule has 0 saturated heterocycles. The fourth-order valence-corrected chi connectivity index (χ4v) is 3.35. The van der Waals surface area contributed by atoms with Gasteiger partial charge in [-0.1, -0.05) is 18.2 Å². The van der Waals surface area contributed by atoms with E-state index in [2.05, 4.69) is 0 Å². The zero-order valence-corrected chi connectivity index (χ0v) is 12.5. The zero-order chi connectivity index (χ0) is 14.7. The molecule has 2 N–H and O–H groups in total. The summed E-state index contributed by atoms with van der Waals surface area (Å²) in [5.41, 5.74) is 0. The van der Waals surface area contributed by atoms with Gasteiger partial charge in [0.2, 0.25) is 0 Å². The fourth-order valence-electron chi connectivity index (χ4n) is 1.61. The summed E-state index contributed by atoms with van der Waals surface area (Å²) < 4.78 is 23.6. The van der Waals surface area contributed by atoms with Crippen LogP contribution >= 0.6 is 7.60 Å². The Kier molecular flexibility index (Phi) is 8.54. The minimum atomic E-state index is -3.20. The predicted octanol–water partition coefficient (Wildman–Crippen LogP) is 2.82. The molecule has 1 atom stereocenters. The highest BCUT2D eigenvalue weighted by atomic mass is 31.2. The lowest BCUT2D eigenvalue weighted by Gasteiger charge is -2.19. The summed E-state index contributed by atoms with van der Waals surface area (Å²) in [7, 11) is -3.20. The summed E-state index contributed by atoms with van der Waals surface area (Å²) >= 11 is 0. The van der Waals surface area contributed by atoms with Gasteiger partial charge in [-0.2, -0.15) is 0 Å². The van der Waals surface area contributed by atoms with E-state index in [4.69, 9.17) is 19.3 Å². The molecule has 0 heterocycles. The molecule has 0 aliphatic carbocycles. The summed E-state index contributed by atoms with van der Waals surface area (Å²) in [5.74, 6) is 0.516. The number of aliphatic hydroxyl groups is 2. The summed E-state index contributed by atoms with van der Waals surface area (Å²) in [6, 6.07) is 8.93. The second-order valence-electron chi connectivity index (χ2n) is 4.43. The van der Waals surface area contributed by atoms with Crippen LogP contribution in [0.1, 0.15) is 25.7 Å². The first-order chi connectivity index (χ1) is 9.70.